The van der Waals surface area contributed by atoms with Gasteiger partial charge in [-0.1, -0.05) is 50.1 Å². The van der Waals surface area contributed by atoms with Gasteiger partial charge in [-0.15, -0.1) is 13.2 Å². The zero-order chi connectivity index (χ0) is 21.1. The van der Waals surface area contributed by atoms with E-state index in [4.69, 9.17) is 8.23 Å². The van der Waals surface area contributed by atoms with Gasteiger partial charge >= 0.3 is 8.56 Å². The molecule has 1 N–H and O–H groups in total. The maximum absolute atomic E-state index is 9.65. The molecular weight excluding hydrogens is 384 g/mol. The molecule has 0 aliphatic carbocycles. The first-order valence-corrected chi connectivity index (χ1v) is 18.6. The lowest BCUT2D eigenvalue weighted by atomic mass is 10.0. The third-order valence-corrected chi connectivity index (χ3v) is 12.1. The number of benzene rings is 1. The van der Waals surface area contributed by atoms with Crippen LogP contribution in [0.3, 0.4) is 0 Å². The molecule has 27 heavy (non-hydrogen) atoms. The maximum atomic E-state index is 9.65. The smallest absolute Gasteiger partial charge is 0.370 e. The van der Waals surface area contributed by atoms with Gasteiger partial charge in [0.25, 0.3) is 0 Å². The summed E-state index contributed by atoms with van der Waals surface area (Å²) < 4.78 is 12.3. The van der Waals surface area contributed by atoms with Crippen LogP contribution >= 0.6 is 0 Å². The molecule has 1 unspecified atom stereocenters. The molecule has 0 bridgehead atoms. The zero-order valence-electron chi connectivity index (χ0n) is 18.4. The van der Waals surface area contributed by atoms with Crippen LogP contribution in [0.4, 0.5) is 0 Å². The minimum absolute atomic E-state index is 0.272. The highest BCUT2D eigenvalue weighted by atomic mass is 28.5. The topological polar surface area (TPSA) is 38.7 Å². The molecule has 0 aliphatic heterocycles. The molecule has 0 radical (unpaired) electrons. The van der Waals surface area contributed by atoms with E-state index in [0.29, 0.717) is 0 Å². The van der Waals surface area contributed by atoms with Crippen LogP contribution < -0.4 is 0 Å². The van der Waals surface area contributed by atoms with Crippen LogP contribution in [-0.2, 0) is 8.23 Å². The lowest BCUT2D eigenvalue weighted by molar-refractivity contribution is 0.164. The minimum atomic E-state index is -2.36. The Labute approximate surface area is 170 Å². The molecule has 154 valence electrons. The van der Waals surface area contributed by atoms with E-state index in [0.717, 1.165) is 24.8 Å². The van der Waals surface area contributed by atoms with Crippen molar-refractivity contribution in [3.8, 4) is 0 Å². The Kier molecular flexibility index (Phi) is 11.6. The Morgan fingerprint density at radius 1 is 0.926 bits per heavy atom. The molecular formula is C21H40O3Si3. The van der Waals surface area contributed by atoms with Gasteiger partial charge in [-0.3, -0.25) is 0 Å². The fourth-order valence-corrected chi connectivity index (χ4v) is 12.2. The number of rotatable bonds is 10. The molecule has 0 saturated carbocycles. The summed E-state index contributed by atoms with van der Waals surface area (Å²) in [6.07, 6.45) is 2.84. The zero-order valence-corrected chi connectivity index (χ0v) is 21.4. The van der Waals surface area contributed by atoms with Gasteiger partial charge in [0, 0.05) is 0 Å². The normalized spacial score (nSPS) is 13.3. The average Bonchev–Trinajstić information content (AvgIpc) is 2.58. The maximum Gasteiger partial charge on any atom is 0.370 e. The lowest BCUT2D eigenvalue weighted by Gasteiger charge is -2.36. The summed E-state index contributed by atoms with van der Waals surface area (Å²) in [7, 11) is -5.60. The summed E-state index contributed by atoms with van der Waals surface area (Å²) in [6, 6.07) is 9.84. The van der Waals surface area contributed by atoms with E-state index in [1.54, 1.807) is 0 Å². The number of hydrogen-bond acceptors (Lipinski definition) is 3. The number of unbranched alkanes of at least 4 members (excludes halogenated alkanes) is 1. The molecule has 1 atom stereocenters. The predicted molar refractivity (Wildman–Crippen MR) is 126 cm³/mol. The van der Waals surface area contributed by atoms with E-state index in [-0.39, 0.29) is 6.10 Å². The van der Waals surface area contributed by atoms with Gasteiger partial charge in [0.05, 0.1) is 6.10 Å². The number of hydrogen-bond donors (Lipinski definition) is 1. The highest BCUT2D eigenvalue weighted by molar-refractivity contribution is 6.92. The van der Waals surface area contributed by atoms with Crippen LogP contribution in [0, 0.1) is 0 Å². The first-order chi connectivity index (χ1) is 12.4. The second-order valence-corrected chi connectivity index (χ2v) is 21.0. The van der Waals surface area contributed by atoms with Crippen LogP contribution in [0.2, 0.25) is 39.3 Å². The van der Waals surface area contributed by atoms with E-state index in [1.165, 1.54) is 0 Å². The Morgan fingerprint density at radius 2 is 1.37 bits per heavy atom. The van der Waals surface area contributed by atoms with Crippen molar-refractivity contribution in [3.63, 3.8) is 0 Å². The van der Waals surface area contributed by atoms with Gasteiger partial charge < -0.3 is 13.3 Å². The van der Waals surface area contributed by atoms with Gasteiger partial charge in [-0.05, 0) is 62.7 Å². The Bertz CT molecular complexity index is 522. The first-order valence-electron chi connectivity index (χ1n) is 9.78. The molecule has 6 heteroatoms. The molecule has 0 aromatic heterocycles. The van der Waals surface area contributed by atoms with Crippen molar-refractivity contribution in [1.82, 2.24) is 0 Å². The van der Waals surface area contributed by atoms with Crippen molar-refractivity contribution in [2.24, 2.45) is 0 Å². The third-order valence-electron chi connectivity index (χ3n) is 3.52. The number of aliphatic hydroxyl groups is 1. The molecule has 0 spiro atoms. The lowest BCUT2D eigenvalue weighted by Crippen LogP contribution is -2.52. The van der Waals surface area contributed by atoms with Crippen molar-refractivity contribution in [2.45, 2.75) is 71.6 Å². The molecule has 3 nitrogen and oxygen atoms in total. The van der Waals surface area contributed by atoms with E-state index in [2.05, 4.69) is 59.4 Å². The molecule has 0 fully saturated rings. The van der Waals surface area contributed by atoms with E-state index in [9.17, 15) is 5.11 Å². The third kappa shape index (κ3) is 12.3. The van der Waals surface area contributed by atoms with Gasteiger partial charge in [-0.2, -0.15) is 0 Å². The van der Waals surface area contributed by atoms with Crippen LogP contribution in [0.5, 0.6) is 0 Å². The van der Waals surface area contributed by atoms with Crippen LogP contribution in [0.25, 0.3) is 0 Å². The van der Waals surface area contributed by atoms with Gasteiger partial charge in [0.1, 0.15) is 0 Å². The van der Waals surface area contributed by atoms with Crippen molar-refractivity contribution in [3.05, 3.63) is 60.5 Å². The first kappa shape index (κ1) is 26.2. The fraction of sp³-hybridized carbons (Fsp3) is 0.524. The Hall–Kier alpha value is -0.769. The Balaban J connectivity index is 0.000000511. The Morgan fingerprint density at radius 3 is 1.70 bits per heavy atom. The molecule has 1 aromatic carbocycles. The van der Waals surface area contributed by atoms with E-state index in [1.807, 2.05) is 41.7 Å². The molecule has 0 saturated heterocycles. The largest absolute Gasteiger partial charge is 0.431 e. The van der Waals surface area contributed by atoms with E-state index < -0.39 is 25.2 Å². The van der Waals surface area contributed by atoms with Crippen LogP contribution in [0.1, 0.15) is 37.9 Å². The molecule has 0 aliphatic rings. The van der Waals surface area contributed by atoms with Crippen molar-refractivity contribution >= 4 is 25.2 Å². The standard InChI is InChI=1S/C11H16O.C10H24O2Si3/c1-2-3-9-11(12)10-7-5-4-6-8-10;1-9-15(10-2,11-13(3,4)5)12-14(6,7)8/h4-8,11-12H,2-3,9H2,1H3;9-10H,1-2H2,3-8H3. The predicted octanol–water partition coefficient (Wildman–Crippen LogP) is 6.49. The highest BCUT2D eigenvalue weighted by Crippen LogP contribution is 2.22. The highest BCUT2D eigenvalue weighted by Gasteiger charge is 2.39. The van der Waals surface area contributed by atoms with Gasteiger partial charge in [0.15, 0.2) is 16.6 Å². The minimum Gasteiger partial charge on any atom is -0.431 e. The monoisotopic (exact) mass is 424 g/mol. The summed E-state index contributed by atoms with van der Waals surface area (Å²) in [5.41, 5.74) is 4.72. The van der Waals surface area contributed by atoms with Crippen molar-refractivity contribution in [2.75, 3.05) is 0 Å². The quantitative estimate of drug-likeness (QED) is 0.436. The second-order valence-electron chi connectivity index (χ2n) is 8.63. The molecule has 1 rings (SSSR count). The summed E-state index contributed by atoms with van der Waals surface area (Å²) in [4.78, 5) is 0. The number of aliphatic hydroxyl groups excluding tert-OH is 1. The summed E-state index contributed by atoms with van der Waals surface area (Å²) >= 11 is 0. The van der Waals surface area contributed by atoms with E-state index >= 15 is 0 Å². The van der Waals surface area contributed by atoms with Gasteiger partial charge in [-0.25, -0.2) is 0 Å². The average molecular weight is 425 g/mol. The summed E-state index contributed by atoms with van der Waals surface area (Å²) in [5.74, 6) is 0. The summed E-state index contributed by atoms with van der Waals surface area (Å²) in [5, 5.41) is 9.65. The summed E-state index contributed by atoms with van der Waals surface area (Å²) in [6.45, 7) is 22.8. The SMILES string of the molecule is C=C[Si](C=C)(O[Si](C)(C)C)O[Si](C)(C)C.CCCCC(O)c1ccccc1. The molecule has 0 heterocycles. The molecule has 0 amide bonds. The van der Waals surface area contributed by atoms with Crippen LogP contribution in [0.15, 0.2) is 54.9 Å². The van der Waals surface area contributed by atoms with Crippen molar-refractivity contribution in [1.29, 1.82) is 0 Å². The van der Waals surface area contributed by atoms with Crippen LogP contribution in [-0.4, -0.2) is 30.3 Å². The van der Waals surface area contributed by atoms with Gasteiger partial charge in [0.2, 0.25) is 0 Å². The van der Waals surface area contributed by atoms with Crippen molar-refractivity contribution < 1.29 is 13.3 Å². The second kappa shape index (κ2) is 11.9. The molecule has 1 aromatic rings. The fourth-order valence-electron chi connectivity index (χ4n) is 2.47.